The summed E-state index contributed by atoms with van der Waals surface area (Å²) in [5.74, 6) is 0.392. The average Bonchev–Trinajstić information content (AvgIpc) is 2.92. The van der Waals surface area contributed by atoms with Crippen LogP contribution in [0.4, 0.5) is 0 Å². The number of carbonyl (C=O) groups is 1. The third-order valence-electron chi connectivity index (χ3n) is 3.19. The molecule has 0 atom stereocenters. The predicted octanol–water partition coefficient (Wildman–Crippen LogP) is 3.35. The second-order valence-electron chi connectivity index (χ2n) is 4.50. The molecular weight excluding hydrogens is 264 g/mol. The van der Waals surface area contributed by atoms with Gasteiger partial charge in [0.2, 0.25) is 0 Å². The van der Waals surface area contributed by atoms with E-state index in [4.69, 9.17) is 0 Å². The Kier molecular flexibility index (Phi) is 3.51. The molecule has 104 valence electrons. The molecule has 0 aliphatic heterocycles. The summed E-state index contributed by atoms with van der Waals surface area (Å²) in [6, 6.07) is 17.7. The van der Waals surface area contributed by atoms with Gasteiger partial charge in [0, 0.05) is 17.8 Å². The second-order valence-corrected chi connectivity index (χ2v) is 4.50. The van der Waals surface area contributed by atoms with Gasteiger partial charge in [-0.25, -0.2) is 9.78 Å². The summed E-state index contributed by atoms with van der Waals surface area (Å²) in [5.41, 5.74) is 2.81. The van der Waals surface area contributed by atoms with Gasteiger partial charge in [-0.1, -0.05) is 42.5 Å². The van der Waals surface area contributed by atoms with E-state index in [1.807, 2.05) is 59.2 Å². The number of imidazole rings is 1. The molecule has 0 unspecified atom stereocenters. The second kappa shape index (κ2) is 5.63. The fourth-order valence-corrected chi connectivity index (χ4v) is 2.19. The van der Waals surface area contributed by atoms with Crippen LogP contribution in [0.15, 0.2) is 60.7 Å². The molecule has 4 nitrogen and oxygen atoms in total. The molecule has 0 radical (unpaired) electrons. The first-order chi connectivity index (χ1) is 10.3. The molecule has 2 aromatic carbocycles. The summed E-state index contributed by atoms with van der Waals surface area (Å²) in [4.78, 5) is 16.0. The first-order valence-corrected chi connectivity index (χ1v) is 6.58. The predicted molar refractivity (Wildman–Crippen MR) is 82.5 cm³/mol. The van der Waals surface area contributed by atoms with Gasteiger partial charge in [-0.2, -0.15) is 0 Å². The van der Waals surface area contributed by atoms with Gasteiger partial charge < -0.3 is 4.74 Å². The number of aromatic nitrogens is 2. The minimum atomic E-state index is -0.396. The molecular formula is C17H14N2O2. The number of para-hydroxylation sites is 2. The molecule has 0 saturated heterocycles. The van der Waals surface area contributed by atoms with Crippen molar-refractivity contribution in [2.24, 2.45) is 0 Å². The van der Waals surface area contributed by atoms with Crippen molar-refractivity contribution in [2.75, 3.05) is 7.11 Å². The van der Waals surface area contributed by atoms with Crippen molar-refractivity contribution in [3.8, 4) is 11.4 Å². The smallest absolute Gasteiger partial charge is 0.331 e. The minimum absolute atomic E-state index is 0.396. The van der Waals surface area contributed by atoms with E-state index >= 15 is 0 Å². The van der Waals surface area contributed by atoms with Gasteiger partial charge in [-0.15, -0.1) is 0 Å². The van der Waals surface area contributed by atoms with Crippen molar-refractivity contribution < 1.29 is 9.53 Å². The first-order valence-electron chi connectivity index (χ1n) is 6.58. The molecule has 0 spiro atoms. The summed E-state index contributed by atoms with van der Waals surface area (Å²) < 4.78 is 6.54. The monoisotopic (exact) mass is 278 g/mol. The highest BCUT2D eigenvalue weighted by Crippen LogP contribution is 2.24. The molecule has 21 heavy (non-hydrogen) atoms. The maximum absolute atomic E-state index is 11.3. The molecule has 0 saturated carbocycles. The van der Waals surface area contributed by atoms with E-state index in [1.165, 1.54) is 13.2 Å². The van der Waals surface area contributed by atoms with Crippen LogP contribution in [0, 0.1) is 0 Å². The van der Waals surface area contributed by atoms with E-state index in [2.05, 4.69) is 9.72 Å². The standard InChI is InChI=1S/C17H14N2O2/c1-21-16(20)11-12-19-15-10-6-5-9-14(15)18-17(19)13-7-3-2-4-8-13/h2-12H,1H3/b12-11+. The molecule has 0 aliphatic carbocycles. The number of carbonyl (C=O) groups excluding carboxylic acids is 1. The van der Waals surface area contributed by atoms with Crippen LogP contribution in [0.2, 0.25) is 0 Å². The van der Waals surface area contributed by atoms with Crippen molar-refractivity contribution in [3.63, 3.8) is 0 Å². The Bertz CT molecular complexity index is 804. The molecule has 1 aromatic heterocycles. The number of rotatable bonds is 3. The molecule has 0 N–H and O–H groups in total. The lowest BCUT2D eigenvalue weighted by Gasteiger charge is -2.03. The van der Waals surface area contributed by atoms with Gasteiger partial charge in [-0.05, 0) is 12.1 Å². The highest BCUT2D eigenvalue weighted by atomic mass is 16.5. The van der Waals surface area contributed by atoms with E-state index in [1.54, 1.807) is 6.20 Å². The lowest BCUT2D eigenvalue weighted by atomic mass is 10.2. The Morgan fingerprint density at radius 1 is 1.10 bits per heavy atom. The fraction of sp³-hybridized carbons (Fsp3) is 0.0588. The van der Waals surface area contributed by atoms with Gasteiger partial charge in [0.25, 0.3) is 0 Å². The molecule has 0 amide bonds. The van der Waals surface area contributed by atoms with E-state index in [9.17, 15) is 4.79 Å². The van der Waals surface area contributed by atoms with Crippen LogP contribution in [0.25, 0.3) is 28.6 Å². The van der Waals surface area contributed by atoms with E-state index in [-0.39, 0.29) is 0 Å². The molecule has 0 fully saturated rings. The third-order valence-corrected chi connectivity index (χ3v) is 3.19. The van der Waals surface area contributed by atoms with Gasteiger partial charge in [0.1, 0.15) is 5.82 Å². The van der Waals surface area contributed by atoms with Crippen LogP contribution in [-0.4, -0.2) is 22.6 Å². The zero-order valence-electron chi connectivity index (χ0n) is 11.6. The molecule has 0 aliphatic rings. The zero-order valence-corrected chi connectivity index (χ0v) is 11.6. The normalized spacial score (nSPS) is 11.1. The van der Waals surface area contributed by atoms with Gasteiger partial charge in [0.05, 0.1) is 18.1 Å². The Balaban J connectivity index is 2.19. The number of fused-ring (bicyclic) bond motifs is 1. The summed E-state index contributed by atoms with van der Waals surface area (Å²) >= 11 is 0. The Morgan fingerprint density at radius 3 is 2.57 bits per heavy atom. The topological polar surface area (TPSA) is 44.1 Å². The van der Waals surface area contributed by atoms with Crippen molar-refractivity contribution >= 4 is 23.2 Å². The van der Waals surface area contributed by atoms with Crippen LogP contribution in [0.1, 0.15) is 0 Å². The van der Waals surface area contributed by atoms with Gasteiger partial charge in [0.15, 0.2) is 0 Å². The lowest BCUT2D eigenvalue weighted by molar-refractivity contribution is -0.134. The number of esters is 1. The Hall–Kier alpha value is -2.88. The van der Waals surface area contributed by atoms with Crippen LogP contribution in [0.3, 0.4) is 0 Å². The molecule has 3 rings (SSSR count). The average molecular weight is 278 g/mol. The third kappa shape index (κ3) is 2.56. The van der Waals surface area contributed by atoms with Crippen LogP contribution in [0.5, 0.6) is 0 Å². The fourth-order valence-electron chi connectivity index (χ4n) is 2.19. The number of methoxy groups -OCH3 is 1. The highest BCUT2D eigenvalue weighted by Gasteiger charge is 2.10. The molecule has 0 bridgehead atoms. The number of benzene rings is 2. The molecule has 1 heterocycles. The van der Waals surface area contributed by atoms with Crippen molar-refractivity contribution in [1.29, 1.82) is 0 Å². The van der Waals surface area contributed by atoms with Crippen LogP contribution in [-0.2, 0) is 9.53 Å². The van der Waals surface area contributed by atoms with E-state index < -0.39 is 5.97 Å². The van der Waals surface area contributed by atoms with Gasteiger partial charge >= 0.3 is 5.97 Å². The molecule has 3 aromatic rings. The lowest BCUT2D eigenvalue weighted by Crippen LogP contribution is -1.97. The number of hydrogen-bond acceptors (Lipinski definition) is 3. The Labute approximate surface area is 122 Å². The summed E-state index contributed by atoms with van der Waals surface area (Å²) in [5, 5.41) is 0. The summed E-state index contributed by atoms with van der Waals surface area (Å²) in [6.07, 6.45) is 3.07. The van der Waals surface area contributed by atoms with Gasteiger partial charge in [-0.3, -0.25) is 4.57 Å². The first kappa shape index (κ1) is 13.1. The summed E-state index contributed by atoms with van der Waals surface area (Å²) in [7, 11) is 1.36. The largest absolute Gasteiger partial charge is 0.466 e. The van der Waals surface area contributed by atoms with Crippen molar-refractivity contribution in [3.05, 3.63) is 60.7 Å². The van der Waals surface area contributed by atoms with Crippen molar-refractivity contribution in [2.45, 2.75) is 0 Å². The summed E-state index contributed by atoms with van der Waals surface area (Å²) in [6.45, 7) is 0. The number of ether oxygens (including phenoxy) is 1. The van der Waals surface area contributed by atoms with Crippen LogP contribution < -0.4 is 0 Å². The van der Waals surface area contributed by atoms with E-state index in [0.717, 1.165) is 22.4 Å². The number of nitrogens with zero attached hydrogens (tertiary/aromatic N) is 2. The quantitative estimate of drug-likeness (QED) is 0.545. The highest BCUT2D eigenvalue weighted by molar-refractivity contribution is 5.88. The molecule has 4 heteroatoms. The maximum Gasteiger partial charge on any atom is 0.331 e. The number of hydrogen-bond donors (Lipinski definition) is 0. The maximum atomic E-state index is 11.3. The minimum Gasteiger partial charge on any atom is -0.466 e. The Morgan fingerprint density at radius 2 is 1.81 bits per heavy atom. The van der Waals surface area contributed by atoms with E-state index in [0.29, 0.717) is 0 Å². The zero-order chi connectivity index (χ0) is 14.7. The van der Waals surface area contributed by atoms with Crippen molar-refractivity contribution in [1.82, 2.24) is 9.55 Å². The van der Waals surface area contributed by atoms with Crippen LogP contribution >= 0.6 is 0 Å². The SMILES string of the molecule is COC(=O)/C=C/n1c(-c2ccccc2)nc2ccccc21.